The van der Waals surface area contributed by atoms with E-state index in [0.29, 0.717) is 18.3 Å². The molecule has 19 heavy (non-hydrogen) atoms. The highest BCUT2D eigenvalue weighted by molar-refractivity contribution is 5.44. The summed E-state index contributed by atoms with van der Waals surface area (Å²) in [5.41, 5.74) is 0.829. The molecule has 0 saturated carbocycles. The van der Waals surface area contributed by atoms with Gasteiger partial charge in [-0.25, -0.2) is 0 Å². The van der Waals surface area contributed by atoms with Gasteiger partial charge in [-0.1, -0.05) is 19.8 Å². The highest BCUT2D eigenvalue weighted by Crippen LogP contribution is 2.24. The van der Waals surface area contributed by atoms with E-state index in [1.165, 1.54) is 12.1 Å². The maximum atomic E-state index is 10.8. The van der Waals surface area contributed by atoms with Crippen molar-refractivity contribution < 1.29 is 9.66 Å². The predicted molar refractivity (Wildman–Crippen MR) is 74.0 cm³/mol. The van der Waals surface area contributed by atoms with Crippen LogP contribution in [0.2, 0.25) is 0 Å². The van der Waals surface area contributed by atoms with E-state index >= 15 is 0 Å². The van der Waals surface area contributed by atoms with Crippen LogP contribution < -0.4 is 10.1 Å². The first kappa shape index (κ1) is 15.0. The predicted octanol–water partition coefficient (Wildman–Crippen LogP) is 2.49. The topological polar surface area (TPSA) is 64.4 Å². The summed E-state index contributed by atoms with van der Waals surface area (Å²) in [6.07, 6.45) is 0. The smallest absolute Gasteiger partial charge is 0.270 e. The number of nitro benzene ring substituents is 1. The molecule has 0 atom stereocenters. The Bertz CT molecular complexity index is 501. The van der Waals surface area contributed by atoms with Crippen LogP contribution in [0.15, 0.2) is 18.2 Å². The van der Waals surface area contributed by atoms with Crippen LogP contribution in [0.25, 0.3) is 0 Å². The third kappa shape index (κ3) is 4.98. The Morgan fingerprint density at radius 3 is 2.79 bits per heavy atom. The summed E-state index contributed by atoms with van der Waals surface area (Å²) in [5, 5.41) is 14.0. The van der Waals surface area contributed by atoms with Gasteiger partial charge in [0.25, 0.3) is 5.69 Å². The number of hydrogen-bond donors (Lipinski definition) is 1. The third-order valence-electron chi connectivity index (χ3n) is 2.43. The number of nitro groups is 1. The van der Waals surface area contributed by atoms with Crippen molar-refractivity contribution in [3.05, 3.63) is 33.9 Å². The molecule has 0 aliphatic heterocycles. The molecule has 0 fully saturated rings. The second kappa shape index (κ2) is 7.39. The fourth-order valence-corrected chi connectivity index (χ4v) is 1.46. The molecule has 5 nitrogen and oxygen atoms in total. The summed E-state index contributed by atoms with van der Waals surface area (Å²) in [6.45, 7) is 6.57. The monoisotopic (exact) mass is 262 g/mol. The molecule has 0 radical (unpaired) electrons. The highest BCUT2D eigenvalue weighted by Gasteiger charge is 2.11. The van der Waals surface area contributed by atoms with Gasteiger partial charge in [0.2, 0.25) is 0 Å². The minimum atomic E-state index is -0.408. The van der Waals surface area contributed by atoms with Crippen molar-refractivity contribution in [2.45, 2.75) is 33.4 Å². The molecular formula is C14H18N2O3. The van der Waals surface area contributed by atoms with Gasteiger partial charge in [0, 0.05) is 30.3 Å². The summed E-state index contributed by atoms with van der Waals surface area (Å²) in [7, 11) is 0. The Morgan fingerprint density at radius 1 is 1.47 bits per heavy atom. The number of ether oxygens (including phenoxy) is 1. The van der Waals surface area contributed by atoms with Crippen molar-refractivity contribution in [2.75, 3.05) is 6.61 Å². The van der Waals surface area contributed by atoms with Crippen molar-refractivity contribution in [1.82, 2.24) is 5.32 Å². The van der Waals surface area contributed by atoms with E-state index in [2.05, 4.69) is 17.2 Å². The van der Waals surface area contributed by atoms with Gasteiger partial charge < -0.3 is 10.1 Å². The van der Waals surface area contributed by atoms with Gasteiger partial charge in [-0.05, 0) is 13.0 Å². The molecule has 102 valence electrons. The normalized spacial score (nSPS) is 9.89. The molecule has 0 bridgehead atoms. The van der Waals surface area contributed by atoms with E-state index in [4.69, 9.17) is 4.74 Å². The fraction of sp³-hybridized carbons (Fsp3) is 0.429. The van der Waals surface area contributed by atoms with E-state index in [9.17, 15) is 10.1 Å². The molecule has 0 amide bonds. The van der Waals surface area contributed by atoms with Gasteiger partial charge in [0.05, 0.1) is 4.92 Å². The number of non-ortho nitro benzene ring substituents is 1. The van der Waals surface area contributed by atoms with Gasteiger partial charge in [0.1, 0.15) is 12.4 Å². The van der Waals surface area contributed by atoms with Crippen LogP contribution in [0.5, 0.6) is 5.75 Å². The van der Waals surface area contributed by atoms with Gasteiger partial charge >= 0.3 is 0 Å². The maximum absolute atomic E-state index is 10.8. The number of rotatable bonds is 6. The number of hydrogen-bond acceptors (Lipinski definition) is 4. The Morgan fingerprint density at radius 2 is 2.21 bits per heavy atom. The van der Waals surface area contributed by atoms with Crippen LogP contribution in [-0.4, -0.2) is 17.6 Å². The van der Waals surface area contributed by atoms with Crippen LogP contribution >= 0.6 is 0 Å². The van der Waals surface area contributed by atoms with Crippen molar-refractivity contribution in [2.24, 2.45) is 0 Å². The Balaban J connectivity index is 2.92. The van der Waals surface area contributed by atoms with Crippen molar-refractivity contribution in [3.8, 4) is 17.6 Å². The van der Waals surface area contributed by atoms with Crippen molar-refractivity contribution in [1.29, 1.82) is 0 Å². The summed E-state index contributed by atoms with van der Waals surface area (Å²) in [4.78, 5) is 10.4. The Hall–Kier alpha value is -2.06. The Kier molecular flexibility index (Phi) is 5.83. The molecule has 0 saturated heterocycles. The van der Waals surface area contributed by atoms with Crippen LogP contribution in [0, 0.1) is 22.0 Å². The number of benzene rings is 1. The largest absolute Gasteiger partial charge is 0.481 e. The summed E-state index contributed by atoms with van der Waals surface area (Å²) < 4.78 is 5.51. The SMILES string of the molecule is CC#CCOc1ccc([N+](=O)[O-])cc1CNC(C)C. The third-order valence-corrected chi connectivity index (χ3v) is 2.43. The summed E-state index contributed by atoms with van der Waals surface area (Å²) in [6, 6.07) is 4.88. The molecule has 0 aliphatic carbocycles. The lowest BCUT2D eigenvalue weighted by Crippen LogP contribution is -2.22. The molecule has 0 spiro atoms. The molecule has 0 aliphatic rings. The minimum Gasteiger partial charge on any atom is -0.481 e. The molecule has 1 rings (SSSR count). The van der Waals surface area contributed by atoms with Gasteiger partial charge in [-0.2, -0.15) is 0 Å². The molecule has 0 aromatic heterocycles. The Labute approximate surface area is 113 Å². The molecule has 1 aromatic carbocycles. The lowest BCUT2D eigenvalue weighted by Gasteiger charge is -2.12. The minimum absolute atomic E-state index is 0.0643. The molecule has 0 heterocycles. The van der Waals surface area contributed by atoms with E-state index in [1.807, 2.05) is 13.8 Å². The van der Waals surface area contributed by atoms with Crippen LogP contribution in [0.3, 0.4) is 0 Å². The van der Waals surface area contributed by atoms with E-state index < -0.39 is 4.92 Å². The van der Waals surface area contributed by atoms with E-state index in [1.54, 1.807) is 13.0 Å². The quantitative estimate of drug-likeness (QED) is 0.486. The lowest BCUT2D eigenvalue weighted by atomic mass is 10.1. The molecule has 1 aromatic rings. The molecule has 0 unspecified atom stereocenters. The first-order chi connectivity index (χ1) is 9.04. The molecular weight excluding hydrogens is 244 g/mol. The number of nitrogens with one attached hydrogen (secondary N) is 1. The van der Waals surface area contributed by atoms with Gasteiger partial charge in [-0.3, -0.25) is 10.1 Å². The first-order valence-electron chi connectivity index (χ1n) is 6.07. The lowest BCUT2D eigenvalue weighted by molar-refractivity contribution is -0.384. The van der Waals surface area contributed by atoms with Crippen molar-refractivity contribution >= 4 is 5.69 Å². The zero-order valence-corrected chi connectivity index (χ0v) is 11.4. The number of nitrogens with zero attached hydrogens (tertiary/aromatic N) is 1. The van der Waals surface area contributed by atoms with Crippen LogP contribution in [0.1, 0.15) is 26.3 Å². The highest BCUT2D eigenvalue weighted by atomic mass is 16.6. The van der Waals surface area contributed by atoms with E-state index in [-0.39, 0.29) is 12.3 Å². The average molecular weight is 262 g/mol. The van der Waals surface area contributed by atoms with Gasteiger partial charge in [-0.15, -0.1) is 5.92 Å². The zero-order chi connectivity index (χ0) is 14.3. The van der Waals surface area contributed by atoms with Crippen molar-refractivity contribution in [3.63, 3.8) is 0 Å². The second-order valence-corrected chi connectivity index (χ2v) is 4.30. The maximum Gasteiger partial charge on any atom is 0.270 e. The van der Waals surface area contributed by atoms with Gasteiger partial charge in [0.15, 0.2) is 0 Å². The zero-order valence-electron chi connectivity index (χ0n) is 11.4. The fourth-order valence-electron chi connectivity index (χ4n) is 1.46. The molecule has 1 N–H and O–H groups in total. The molecule has 5 heteroatoms. The average Bonchev–Trinajstić information content (AvgIpc) is 2.37. The van der Waals surface area contributed by atoms with Crippen LogP contribution in [-0.2, 0) is 6.54 Å². The standard InChI is InChI=1S/C14H18N2O3/c1-4-5-8-19-14-7-6-13(16(17)18)9-12(14)10-15-11(2)3/h6-7,9,11,15H,8,10H2,1-3H3. The summed E-state index contributed by atoms with van der Waals surface area (Å²) >= 11 is 0. The van der Waals surface area contributed by atoms with Crippen LogP contribution in [0.4, 0.5) is 5.69 Å². The van der Waals surface area contributed by atoms with E-state index in [0.717, 1.165) is 5.56 Å². The second-order valence-electron chi connectivity index (χ2n) is 4.30. The summed E-state index contributed by atoms with van der Waals surface area (Å²) in [5.74, 6) is 6.16. The first-order valence-corrected chi connectivity index (χ1v) is 6.07.